The summed E-state index contributed by atoms with van der Waals surface area (Å²) in [5.74, 6) is 0.360. The van der Waals surface area contributed by atoms with Gasteiger partial charge in [-0.25, -0.2) is 0 Å². The lowest BCUT2D eigenvalue weighted by Crippen LogP contribution is -2.39. The van der Waals surface area contributed by atoms with E-state index in [9.17, 15) is 9.59 Å². The van der Waals surface area contributed by atoms with Crippen molar-refractivity contribution in [2.45, 2.75) is 13.3 Å². The van der Waals surface area contributed by atoms with Crippen molar-refractivity contribution in [3.8, 4) is 0 Å². The number of carbonyl (C=O) groups is 2. The molecule has 2 heterocycles. The molecule has 2 aromatic rings. The summed E-state index contributed by atoms with van der Waals surface area (Å²) in [6.45, 7) is 4.87. The lowest BCUT2D eigenvalue weighted by atomic mass is 9.96. The maximum atomic E-state index is 12.0. The fourth-order valence-electron chi connectivity index (χ4n) is 3.66. The van der Waals surface area contributed by atoms with Crippen LogP contribution in [0.5, 0.6) is 0 Å². The van der Waals surface area contributed by atoms with Crippen LogP contribution in [0.25, 0.3) is 10.9 Å². The van der Waals surface area contributed by atoms with Gasteiger partial charge in [-0.2, -0.15) is 0 Å². The van der Waals surface area contributed by atoms with Crippen molar-refractivity contribution < 1.29 is 9.59 Å². The van der Waals surface area contributed by atoms with Crippen LogP contribution in [0.1, 0.15) is 12.5 Å². The second-order valence-corrected chi connectivity index (χ2v) is 6.94. The third kappa shape index (κ3) is 4.38. The summed E-state index contributed by atoms with van der Waals surface area (Å²) >= 11 is 0. The van der Waals surface area contributed by atoms with E-state index in [1.165, 1.54) is 5.56 Å². The van der Waals surface area contributed by atoms with Crippen molar-refractivity contribution in [1.29, 1.82) is 0 Å². The predicted molar refractivity (Wildman–Crippen MR) is 102 cm³/mol. The second-order valence-electron chi connectivity index (χ2n) is 6.94. The summed E-state index contributed by atoms with van der Waals surface area (Å²) < 4.78 is 0. The molecular formula is C20H26N4O2. The molecule has 1 N–H and O–H groups in total. The van der Waals surface area contributed by atoms with Crippen LogP contribution in [-0.4, -0.2) is 66.4 Å². The first-order valence-corrected chi connectivity index (χ1v) is 9.08. The van der Waals surface area contributed by atoms with Crippen molar-refractivity contribution in [3.63, 3.8) is 0 Å². The van der Waals surface area contributed by atoms with E-state index in [4.69, 9.17) is 0 Å². The Balaban J connectivity index is 1.82. The zero-order valence-electron chi connectivity index (χ0n) is 15.4. The summed E-state index contributed by atoms with van der Waals surface area (Å²) in [5, 5.41) is 3.81. The Morgan fingerprint density at radius 2 is 2.00 bits per heavy atom. The van der Waals surface area contributed by atoms with E-state index < -0.39 is 0 Å². The molecule has 6 nitrogen and oxygen atoms in total. The predicted octanol–water partition coefficient (Wildman–Crippen LogP) is 1.30. The van der Waals surface area contributed by atoms with E-state index in [1.54, 1.807) is 14.0 Å². The van der Waals surface area contributed by atoms with Crippen LogP contribution < -0.4 is 5.32 Å². The summed E-state index contributed by atoms with van der Waals surface area (Å²) in [6, 6.07) is 10.3. The summed E-state index contributed by atoms with van der Waals surface area (Å²) in [6.07, 6.45) is 2.65. The quantitative estimate of drug-likeness (QED) is 0.899. The van der Waals surface area contributed by atoms with Gasteiger partial charge >= 0.3 is 0 Å². The number of rotatable bonds is 4. The monoisotopic (exact) mass is 354 g/mol. The normalized spacial score (nSPS) is 18.5. The molecule has 1 fully saturated rings. The molecule has 1 aromatic heterocycles. The number of nitrogens with zero attached hydrogens (tertiary/aromatic N) is 3. The first kappa shape index (κ1) is 18.3. The van der Waals surface area contributed by atoms with Crippen molar-refractivity contribution in [2.75, 3.05) is 39.8 Å². The number of aromatic nitrogens is 1. The van der Waals surface area contributed by atoms with Gasteiger partial charge in [0.15, 0.2) is 0 Å². The largest absolute Gasteiger partial charge is 0.358 e. The second kappa shape index (κ2) is 8.27. The van der Waals surface area contributed by atoms with Gasteiger partial charge < -0.3 is 10.2 Å². The van der Waals surface area contributed by atoms with Gasteiger partial charge in [-0.1, -0.05) is 24.3 Å². The van der Waals surface area contributed by atoms with Crippen molar-refractivity contribution >= 4 is 22.7 Å². The molecule has 0 saturated carbocycles. The minimum atomic E-state index is 0.00634. The average Bonchev–Trinajstić information content (AvgIpc) is 2.84. The number of carbonyl (C=O) groups excluding carboxylic acids is 2. The van der Waals surface area contributed by atoms with Gasteiger partial charge in [0.25, 0.3) is 0 Å². The number of likely N-dealkylation sites (N-methyl/N-ethyl adjacent to an activating group) is 1. The van der Waals surface area contributed by atoms with E-state index in [0.717, 1.165) is 30.4 Å². The number of pyridine rings is 1. The van der Waals surface area contributed by atoms with Gasteiger partial charge in [0.05, 0.1) is 12.1 Å². The Hall–Kier alpha value is -2.47. The maximum absolute atomic E-state index is 12.0. The lowest BCUT2D eigenvalue weighted by Gasteiger charge is -2.24. The highest BCUT2D eigenvalue weighted by molar-refractivity contribution is 5.81. The van der Waals surface area contributed by atoms with Gasteiger partial charge in [0, 0.05) is 51.7 Å². The summed E-state index contributed by atoms with van der Waals surface area (Å²) in [4.78, 5) is 32.4. The molecule has 1 aliphatic heterocycles. The maximum Gasteiger partial charge on any atom is 0.233 e. The zero-order chi connectivity index (χ0) is 18.5. The third-order valence-corrected chi connectivity index (χ3v) is 5.00. The number of benzene rings is 1. The van der Waals surface area contributed by atoms with E-state index in [2.05, 4.69) is 39.5 Å². The Morgan fingerprint density at radius 3 is 2.77 bits per heavy atom. The molecule has 2 amide bonds. The molecular weight excluding hydrogens is 328 g/mol. The summed E-state index contributed by atoms with van der Waals surface area (Å²) in [7, 11) is 1.65. The number of hydrogen-bond donors (Lipinski definition) is 1. The Kier molecular flexibility index (Phi) is 5.83. The molecule has 0 radical (unpaired) electrons. The third-order valence-electron chi connectivity index (χ3n) is 5.00. The molecule has 1 atom stereocenters. The van der Waals surface area contributed by atoms with E-state index >= 15 is 0 Å². The molecule has 3 rings (SSSR count). The number of amides is 2. The van der Waals surface area contributed by atoms with E-state index in [0.29, 0.717) is 19.6 Å². The van der Waals surface area contributed by atoms with Crippen LogP contribution in [0.15, 0.2) is 36.5 Å². The molecule has 6 heteroatoms. The van der Waals surface area contributed by atoms with Gasteiger partial charge in [-0.3, -0.25) is 19.5 Å². The molecule has 1 aromatic carbocycles. The smallest absolute Gasteiger partial charge is 0.233 e. The van der Waals surface area contributed by atoms with Crippen LogP contribution in [0, 0.1) is 5.92 Å². The fraction of sp³-hybridized carbons (Fsp3) is 0.450. The number of nitrogens with one attached hydrogen (secondary N) is 1. The highest BCUT2D eigenvalue weighted by atomic mass is 16.2. The van der Waals surface area contributed by atoms with Gasteiger partial charge in [-0.05, 0) is 24.0 Å². The highest BCUT2D eigenvalue weighted by Crippen LogP contribution is 2.21. The zero-order valence-corrected chi connectivity index (χ0v) is 15.4. The molecule has 0 spiro atoms. The van der Waals surface area contributed by atoms with Crippen LogP contribution in [-0.2, 0) is 16.0 Å². The molecule has 1 aliphatic rings. The van der Waals surface area contributed by atoms with Crippen LogP contribution >= 0.6 is 0 Å². The standard InChI is InChI=1S/C20H26N4O2/c1-15(25)24-10-9-23(14-19(26)21-2)12-16(13-24)11-18-6-3-5-17-7-4-8-22-20(17)18/h3-8,16H,9-14H2,1-2H3,(H,21,26). The van der Waals surface area contributed by atoms with Gasteiger partial charge in [-0.15, -0.1) is 0 Å². The molecule has 138 valence electrons. The van der Waals surface area contributed by atoms with Gasteiger partial charge in [0.2, 0.25) is 11.8 Å². The van der Waals surface area contributed by atoms with E-state index in [1.807, 2.05) is 17.2 Å². The number of para-hydroxylation sites is 1. The average molecular weight is 354 g/mol. The minimum Gasteiger partial charge on any atom is -0.358 e. The number of hydrogen-bond acceptors (Lipinski definition) is 4. The van der Waals surface area contributed by atoms with Gasteiger partial charge in [0.1, 0.15) is 0 Å². The number of fused-ring (bicyclic) bond motifs is 1. The Morgan fingerprint density at radius 1 is 1.19 bits per heavy atom. The summed E-state index contributed by atoms with van der Waals surface area (Å²) in [5.41, 5.74) is 2.21. The van der Waals surface area contributed by atoms with E-state index in [-0.39, 0.29) is 17.7 Å². The van der Waals surface area contributed by atoms with Crippen molar-refractivity contribution in [1.82, 2.24) is 20.1 Å². The first-order chi connectivity index (χ1) is 12.6. The Bertz CT molecular complexity index is 787. The van der Waals surface area contributed by atoms with Crippen molar-refractivity contribution in [3.05, 3.63) is 42.1 Å². The lowest BCUT2D eigenvalue weighted by molar-refractivity contribution is -0.129. The molecule has 1 unspecified atom stereocenters. The topological polar surface area (TPSA) is 65.5 Å². The minimum absolute atomic E-state index is 0.00634. The Labute approximate surface area is 154 Å². The fourth-order valence-corrected chi connectivity index (χ4v) is 3.66. The molecule has 26 heavy (non-hydrogen) atoms. The van der Waals surface area contributed by atoms with Crippen LogP contribution in [0.4, 0.5) is 0 Å². The van der Waals surface area contributed by atoms with Crippen LogP contribution in [0.2, 0.25) is 0 Å². The molecule has 0 bridgehead atoms. The van der Waals surface area contributed by atoms with Crippen LogP contribution in [0.3, 0.4) is 0 Å². The highest BCUT2D eigenvalue weighted by Gasteiger charge is 2.25. The molecule has 1 saturated heterocycles. The molecule has 0 aliphatic carbocycles. The SMILES string of the molecule is CNC(=O)CN1CCN(C(C)=O)CC(Cc2cccc3cccnc23)C1. The first-order valence-electron chi connectivity index (χ1n) is 9.08. The van der Waals surface area contributed by atoms with Crippen molar-refractivity contribution in [2.24, 2.45) is 5.92 Å².